The molecule has 5 rings (SSSR count). The van der Waals surface area contributed by atoms with Crippen LogP contribution in [0.15, 0.2) is 35.7 Å². The van der Waals surface area contributed by atoms with E-state index >= 15 is 0 Å². The third kappa shape index (κ3) is 3.11. The van der Waals surface area contributed by atoms with Crippen molar-refractivity contribution in [3.05, 3.63) is 63.0 Å². The highest BCUT2D eigenvalue weighted by molar-refractivity contribution is 7.21. The molecule has 4 nitrogen and oxygen atoms in total. The lowest BCUT2D eigenvalue weighted by molar-refractivity contribution is 0.103. The Morgan fingerprint density at radius 1 is 1.13 bits per heavy atom. The van der Waals surface area contributed by atoms with Gasteiger partial charge in [0, 0.05) is 27.2 Å². The molecule has 1 aliphatic carbocycles. The molecule has 0 fully saturated rings. The van der Waals surface area contributed by atoms with Crippen LogP contribution in [0.1, 0.15) is 44.9 Å². The standard InChI is InChI=1S/C24H23N3OS2/c1-13-7-5-10-16(14(13)2)26-23(28)22-21(25)20-19(18-11-6-12-29-18)15-8-3-4-9-17(15)27-24(20)30-22/h5-7,10-12H,3-4,8-9,25H2,1-2H3,(H,26,28). The van der Waals surface area contributed by atoms with Crippen LogP contribution in [0, 0.1) is 13.8 Å². The second kappa shape index (κ2) is 7.52. The van der Waals surface area contributed by atoms with Crippen LogP contribution in [-0.2, 0) is 12.8 Å². The molecule has 1 aliphatic rings. The first-order valence-corrected chi connectivity index (χ1v) is 11.9. The van der Waals surface area contributed by atoms with Gasteiger partial charge in [-0.1, -0.05) is 18.2 Å². The number of aryl methyl sites for hydroxylation is 2. The van der Waals surface area contributed by atoms with E-state index in [4.69, 9.17) is 10.7 Å². The van der Waals surface area contributed by atoms with Crippen molar-refractivity contribution in [1.29, 1.82) is 0 Å². The summed E-state index contributed by atoms with van der Waals surface area (Å²) in [6.07, 6.45) is 4.34. The lowest BCUT2D eigenvalue weighted by atomic mass is 9.90. The first kappa shape index (κ1) is 19.3. The molecule has 1 aromatic carbocycles. The van der Waals surface area contributed by atoms with Crippen molar-refractivity contribution >= 4 is 50.2 Å². The van der Waals surface area contributed by atoms with Crippen molar-refractivity contribution in [1.82, 2.24) is 4.98 Å². The number of anilines is 2. The summed E-state index contributed by atoms with van der Waals surface area (Å²) in [7, 11) is 0. The topological polar surface area (TPSA) is 68.0 Å². The van der Waals surface area contributed by atoms with Crippen molar-refractivity contribution in [3.8, 4) is 10.4 Å². The van der Waals surface area contributed by atoms with Crippen molar-refractivity contribution in [3.63, 3.8) is 0 Å². The minimum absolute atomic E-state index is 0.167. The summed E-state index contributed by atoms with van der Waals surface area (Å²) >= 11 is 3.12. The van der Waals surface area contributed by atoms with E-state index in [0.29, 0.717) is 10.6 Å². The number of amides is 1. The van der Waals surface area contributed by atoms with Gasteiger partial charge in [0.25, 0.3) is 5.91 Å². The van der Waals surface area contributed by atoms with Crippen LogP contribution in [0.2, 0.25) is 0 Å². The number of carbonyl (C=O) groups excluding carboxylic acids is 1. The molecular formula is C24H23N3OS2. The quantitative estimate of drug-likeness (QED) is 0.395. The van der Waals surface area contributed by atoms with Gasteiger partial charge in [0.05, 0.1) is 5.69 Å². The number of hydrogen-bond donors (Lipinski definition) is 2. The van der Waals surface area contributed by atoms with Gasteiger partial charge in [0.2, 0.25) is 0 Å². The van der Waals surface area contributed by atoms with Crippen molar-refractivity contribution in [2.45, 2.75) is 39.5 Å². The number of nitrogens with one attached hydrogen (secondary N) is 1. The second-order valence-corrected chi connectivity index (χ2v) is 9.77. The monoisotopic (exact) mass is 433 g/mol. The second-order valence-electron chi connectivity index (χ2n) is 7.82. The zero-order valence-corrected chi connectivity index (χ0v) is 18.7. The number of thiophene rings is 2. The molecule has 0 unspecified atom stereocenters. The van der Waals surface area contributed by atoms with Gasteiger partial charge >= 0.3 is 0 Å². The van der Waals surface area contributed by atoms with Crippen LogP contribution in [-0.4, -0.2) is 10.9 Å². The van der Waals surface area contributed by atoms with Gasteiger partial charge in [0.15, 0.2) is 0 Å². The van der Waals surface area contributed by atoms with E-state index < -0.39 is 0 Å². The van der Waals surface area contributed by atoms with Crippen LogP contribution in [0.25, 0.3) is 20.7 Å². The van der Waals surface area contributed by atoms with Crippen LogP contribution < -0.4 is 11.1 Å². The summed E-state index contributed by atoms with van der Waals surface area (Å²) < 4.78 is 0. The van der Waals surface area contributed by atoms with Crippen LogP contribution in [0.4, 0.5) is 11.4 Å². The number of aromatic nitrogens is 1. The summed E-state index contributed by atoms with van der Waals surface area (Å²) in [5.41, 5.74) is 13.9. The van der Waals surface area contributed by atoms with Crippen molar-refractivity contribution in [2.24, 2.45) is 0 Å². The number of pyridine rings is 1. The number of nitrogens with two attached hydrogens (primary N) is 1. The van der Waals surface area contributed by atoms with Crippen molar-refractivity contribution in [2.75, 3.05) is 11.1 Å². The highest BCUT2D eigenvalue weighted by Gasteiger charge is 2.26. The summed E-state index contributed by atoms with van der Waals surface area (Å²) in [6, 6.07) is 10.1. The Bertz CT molecular complexity index is 1270. The molecule has 3 N–H and O–H groups in total. The van der Waals surface area contributed by atoms with E-state index in [1.165, 1.54) is 39.5 Å². The van der Waals surface area contributed by atoms with E-state index in [9.17, 15) is 4.79 Å². The van der Waals surface area contributed by atoms with Crippen LogP contribution in [0.5, 0.6) is 0 Å². The van der Waals surface area contributed by atoms with Gasteiger partial charge in [-0.15, -0.1) is 22.7 Å². The summed E-state index contributed by atoms with van der Waals surface area (Å²) in [6.45, 7) is 4.06. The molecule has 0 radical (unpaired) electrons. The number of carbonyl (C=O) groups is 1. The maximum Gasteiger partial charge on any atom is 0.267 e. The first-order valence-electron chi connectivity index (χ1n) is 10.2. The summed E-state index contributed by atoms with van der Waals surface area (Å²) in [5.74, 6) is -0.167. The summed E-state index contributed by atoms with van der Waals surface area (Å²) in [5, 5.41) is 6.09. The third-order valence-corrected chi connectivity index (χ3v) is 7.97. The maximum absolute atomic E-state index is 13.2. The van der Waals surface area contributed by atoms with E-state index in [1.54, 1.807) is 11.3 Å². The van der Waals surface area contributed by atoms with E-state index in [-0.39, 0.29) is 5.91 Å². The van der Waals surface area contributed by atoms with E-state index in [1.807, 2.05) is 32.0 Å². The zero-order chi connectivity index (χ0) is 20.8. The lowest BCUT2D eigenvalue weighted by Crippen LogP contribution is -2.13. The van der Waals surface area contributed by atoms with Gasteiger partial charge in [0.1, 0.15) is 9.71 Å². The Balaban J connectivity index is 1.66. The minimum Gasteiger partial charge on any atom is -0.397 e. The fraction of sp³-hybridized carbons (Fsp3) is 0.250. The number of hydrogen-bond acceptors (Lipinski definition) is 5. The zero-order valence-electron chi connectivity index (χ0n) is 17.0. The van der Waals surface area contributed by atoms with E-state index in [2.05, 4.69) is 22.8 Å². The first-order chi connectivity index (χ1) is 14.5. The van der Waals surface area contributed by atoms with Gasteiger partial charge in [-0.05, 0) is 73.7 Å². The van der Waals surface area contributed by atoms with Crippen LogP contribution >= 0.6 is 22.7 Å². The van der Waals surface area contributed by atoms with Gasteiger partial charge in [-0.3, -0.25) is 4.79 Å². The highest BCUT2D eigenvalue weighted by Crippen LogP contribution is 2.45. The minimum atomic E-state index is -0.167. The smallest absolute Gasteiger partial charge is 0.267 e. The fourth-order valence-corrected chi connectivity index (χ4v) is 6.06. The Morgan fingerprint density at radius 3 is 2.77 bits per heavy atom. The average Bonchev–Trinajstić information content (AvgIpc) is 3.38. The predicted octanol–water partition coefficient (Wildman–Crippen LogP) is 6.35. The number of fused-ring (bicyclic) bond motifs is 2. The lowest BCUT2D eigenvalue weighted by Gasteiger charge is -2.19. The molecule has 3 aromatic heterocycles. The predicted molar refractivity (Wildman–Crippen MR) is 128 cm³/mol. The number of nitrogens with zero attached hydrogens (tertiary/aromatic N) is 1. The molecule has 30 heavy (non-hydrogen) atoms. The number of benzene rings is 1. The molecule has 4 aromatic rings. The normalized spacial score (nSPS) is 13.4. The molecule has 0 saturated carbocycles. The molecule has 3 heterocycles. The molecular weight excluding hydrogens is 410 g/mol. The molecule has 6 heteroatoms. The molecule has 0 atom stereocenters. The van der Waals surface area contributed by atoms with Gasteiger partial charge < -0.3 is 11.1 Å². The molecule has 0 saturated heterocycles. The van der Waals surface area contributed by atoms with Crippen molar-refractivity contribution < 1.29 is 4.79 Å². The van der Waals surface area contributed by atoms with Gasteiger partial charge in [-0.2, -0.15) is 0 Å². The Labute approximate surface area is 183 Å². The fourth-order valence-electron chi connectivity index (χ4n) is 4.23. The van der Waals surface area contributed by atoms with Crippen LogP contribution in [0.3, 0.4) is 0 Å². The van der Waals surface area contributed by atoms with E-state index in [0.717, 1.165) is 46.3 Å². The number of rotatable bonds is 3. The SMILES string of the molecule is Cc1cccc(NC(=O)c2sc3nc4c(c(-c5cccs5)c3c2N)CCCC4)c1C. The summed E-state index contributed by atoms with van der Waals surface area (Å²) in [4.78, 5) is 20.7. The van der Waals surface area contributed by atoms with Gasteiger partial charge in [-0.25, -0.2) is 4.98 Å². The average molecular weight is 434 g/mol. The molecule has 152 valence electrons. The largest absolute Gasteiger partial charge is 0.397 e. The highest BCUT2D eigenvalue weighted by atomic mass is 32.1. The molecule has 1 amide bonds. The third-order valence-electron chi connectivity index (χ3n) is 5.98. The molecule has 0 bridgehead atoms. The molecule has 0 spiro atoms. The number of nitrogen functional groups attached to an aromatic ring is 1. The Morgan fingerprint density at radius 2 is 1.97 bits per heavy atom. The Kier molecular flexibility index (Phi) is 4.83. The molecule has 0 aliphatic heterocycles. The Hall–Kier alpha value is -2.70. The maximum atomic E-state index is 13.2.